The minimum absolute atomic E-state index is 0.0182. The van der Waals surface area contributed by atoms with Gasteiger partial charge in [-0.3, -0.25) is 0 Å². The molecule has 0 saturated carbocycles. The van der Waals surface area contributed by atoms with Crippen molar-refractivity contribution >= 4 is 11.9 Å². The highest BCUT2D eigenvalue weighted by Crippen LogP contribution is 2.28. The van der Waals surface area contributed by atoms with Crippen LogP contribution in [-0.4, -0.2) is 22.8 Å². The Morgan fingerprint density at radius 1 is 1.50 bits per heavy atom. The smallest absolute Gasteiger partial charge is 0.450 e. The molecular weight excluding hydrogens is 248 g/mol. The van der Waals surface area contributed by atoms with Gasteiger partial charge in [-0.2, -0.15) is 0 Å². The van der Waals surface area contributed by atoms with E-state index >= 15 is 0 Å². The van der Waals surface area contributed by atoms with Crippen LogP contribution in [0, 0.1) is 11.6 Å². The molecule has 1 unspecified atom stereocenters. The van der Waals surface area contributed by atoms with Gasteiger partial charge in [0, 0.05) is 12.5 Å². The molecule has 1 aliphatic rings. The van der Waals surface area contributed by atoms with Gasteiger partial charge in [0.15, 0.2) is 11.6 Å². The van der Waals surface area contributed by atoms with E-state index in [2.05, 4.69) is 9.89 Å². The first-order valence-electron chi connectivity index (χ1n) is 5.02. The molecule has 1 N–H and O–H groups in total. The van der Waals surface area contributed by atoms with E-state index in [1.54, 1.807) is 0 Å². The molecule has 5 nitrogen and oxygen atoms in total. The van der Waals surface area contributed by atoms with Crippen molar-refractivity contribution in [3.05, 3.63) is 35.4 Å². The van der Waals surface area contributed by atoms with Crippen molar-refractivity contribution < 1.29 is 28.3 Å². The van der Waals surface area contributed by atoms with Gasteiger partial charge in [-0.15, -0.1) is 0 Å². The zero-order valence-electron chi connectivity index (χ0n) is 9.31. The first-order chi connectivity index (χ1) is 8.39. The zero-order valence-corrected chi connectivity index (χ0v) is 9.31. The molecule has 0 spiro atoms. The molecular formula is C11H9F2NO4. The Kier molecular flexibility index (Phi) is 2.90. The first-order valence-corrected chi connectivity index (χ1v) is 5.02. The number of benzene rings is 1. The topological polar surface area (TPSA) is 68.1 Å². The Morgan fingerprint density at radius 3 is 2.83 bits per heavy atom. The third kappa shape index (κ3) is 2.39. The van der Waals surface area contributed by atoms with Crippen molar-refractivity contribution in [1.29, 1.82) is 0 Å². The van der Waals surface area contributed by atoms with E-state index < -0.39 is 23.6 Å². The van der Waals surface area contributed by atoms with E-state index in [1.807, 2.05) is 0 Å². The van der Waals surface area contributed by atoms with Crippen LogP contribution in [0.4, 0.5) is 13.6 Å². The summed E-state index contributed by atoms with van der Waals surface area (Å²) in [5, 5.41) is 12.1. The lowest BCUT2D eigenvalue weighted by atomic mass is 10.0. The molecule has 1 aromatic carbocycles. The number of nitrogens with zero attached hydrogens (tertiary/aromatic N) is 1. The summed E-state index contributed by atoms with van der Waals surface area (Å²) in [4.78, 5) is 15.3. The van der Waals surface area contributed by atoms with Gasteiger partial charge >= 0.3 is 6.16 Å². The summed E-state index contributed by atoms with van der Waals surface area (Å²) in [7, 11) is 0. The molecule has 0 saturated heterocycles. The van der Waals surface area contributed by atoms with E-state index in [9.17, 15) is 13.6 Å². The summed E-state index contributed by atoms with van der Waals surface area (Å²) in [6.45, 7) is 1.39. The maximum Gasteiger partial charge on any atom is 0.509 e. The summed E-state index contributed by atoms with van der Waals surface area (Å²) in [6, 6.07) is 3.25. The lowest BCUT2D eigenvalue weighted by Gasteiger charge is -2.19. The third-order valence-electron chi connectivity index (χ3n) is 2.39. The SMILES string of the molecule is CC1(OC(=O)O)CC(c2ccc(F)c(F)c2)=NO1. The van der Waals surface area contributed by atoms with Gasteiger partial charge in [-0.25, -0.2) is 13.6 Å². The van der Waals surface area contributed by atoms with Crippen LogP contribution < -0.4 is 0 Å². The highest BCUT2D eigenvalue weighted by Gasteiger charge is 2.38. The van der Waals surface area contributed by atoms with Gasteiger partial charge in [0.1, 0.15) is 0 Å². The number of carboxylic acid groups (broad SMARTS) is 1. The fraction of sp³-hybridized carbons (Fsp3) is 0.273. The minimum atomic E-state index is -1.50. The summed E-state index contributed by atoms with van der Waals surface area (Å²) in [5.74, 6) is -3.42. The third-order valence-corrected chi connectivity index (χ3v) is 2.39. The summed E-state index contributed by atoms with van der Waals surface area (Å²) in [6.07, 6.45) is -1.48. The average molecular weight is 257 g/mol. The van der Waals surface area contributed by atoms with E-state index in [4.69, 9.17) is 9.94 Å². The van der Waals surface area contributed by atoms with Crippen molar-refractivity contribution in [1.82, 2.24) is 0 Å². The van der Waals surface area contributed by atoms with E-state index in [1.165, 1.54) is 13.0 Å². The standard InChI is InChI=1S/C11H9F2NO4/c1-11(17-10(15)16)5-9(14-18-11)6-2-3-7(12)8(13)4-6/h2-4H,5H2,1H3,(H,15,16). The summed E-state index contributed by atoms with van der Waals surface area (Å²) < 4.78 is 30.3. The van der Waals surface area contributed by atoms with Gasteiger partial charge < -0.3 is 14.7 Å². The van der Waals surface area contributed by atoms with Crippen LogP contribution in [0.5, 0.6) is 0 Å². The van der Waals surface area contributed by atoms with Crippen LogP contribution in [0.2, 0.25) is 0 Å². The number of hydrogen-bond acceptors (Lipinski definition) is 4. The second-order valence-electron chi connectivity index (χ2n) is 3.94. The fourth-order valence-corrected chi connectivity index (χ4v) is 1.59. The largest absolute Gasteiger partial charge is 0.509 e. The van der Waals surface area contributed by atoms with Crippen LogP contribution in [0.1, 0.15) is 18.9 Å². The fourth-order valence-electron chi connectivity index (χ4n) is 1.59. The number of carbonyl (C=O) groups is 1. The van der Waals surface area contributed by atoms with Crippen molar-refractivity contribution in [3.8, 4) is 0 Å². The normalized spacial score (nSPS) is 22.3. The number of rotatable bonds is 2. The molecule has 0 fully saturated rings. The molecule has 0 aliphatic carbocycles. The predicted molar refractivity (Wildman–Crippen MR) is 56.1 cm³/mol. The van der Waals surface area contributed by atoms with Crippen LogP contribution >= 0.6 is 0 Å². The van der Waals surface area contributed by atoms with Crippen molar-refractivity contribution in [2.75, 3.05) is 0 Å². The molecule has 1 atom stereocenters. The van der Waals surface area contributed by atoms with Gasteiger partial charge in [-0.05, 0) is 18.2 Å². The Hall–Kier alpha value is -2.18. The van der Waals surface area contributed by atoms with Gasteiger partial charge in [0.2, 0.25) is 0 Å². The maximum absolute atomic E-state index is 13.0. The average Bonchev–Trinajstić information content (AvgIpc) is 2.63. The highest BCUT2D eigenvalue weighted by atomic mass is 19.2. The van der Waals surface area contributed by atoms with E-state index in [-0.39, 0.29) is 12.1 Å². The van der Waals surface area contributed by atoms with Crippen LogP contribution in [-0.2, 0) is 9.57 Å². The zero-order chi connectivity index (χ0) is 13.3. The first kappa shape index (κ1) is 12.3. The number of hydrogen-bond donors (Lipinski definition) is 1. The molecule has 1 aromatic rings. The lowest BCUT2D eigenvalue weighted by molar-refractivity contribution is -0.180. The quantitative estimate of drug-likeness (QED) is 0.826. The Morgan fingerprint density at radius 2 is 2.22 bits per heavy atom. The highest BCUT2D eigenvalue weighted by molar-refractivity contribution is 6.01. The van der Waals surface area contributed by atoms with Crippen molar-refractivity contribution in [2.24, 2.45) is 5.16 Å². The van der Waals surface area contributed by atoms with Gasteiger partial charge in [-0.1, -0.05) is 5.16 Å². The van der Waals surface area contributed by atoms with Gasteiger partial charge in [0.05, 0.1) is 12.1 Å². The molecule has 96 valence electrons. The summed E-state index contributed by atoms with van der Waals surface area (Å²) in [5.41, 5.74) is 0.601. The molecule has 0 aromatic heterocycles. The van der Waals surface area contributed by atoms with Crippen LogP contribution in [0.25, 0.3) is 0 Å². The van der Waals surface area contributed by atoms with Crippen molar-refractivity contribution in [3.63, 3.8) is 0 Å². The van der Waals surface area contributed by atoms with E-state index in [0.717, 1.165) is 12.1 Å². The second kappa shape index (κ2) is 4.25. The summed E-state index contributed by atoms with van der Waals surface area (Å²) >= 11 is 0. The van der Waals surface area contributed by atoms with Gasteiger partial charge in [0.25, 0.3) is 5.79 Å². The molecule has 0 bridgehead atoms. The number of ether oxygens (including phenoxy) is 1. The molecule has 1 heterocycles. The molecule has 0 amide bonds. The monoisotopic (exact) mass is 257 g/mol. The van der Waals surface area contributed by atoms with E-state index in [0.29, 0.717) is 5.56 Å². The Balaban J connectivity index is 2.17. The molecule has 7 heteroatoms. The van der Waals surface area contributed by atoms with Crippen LogP contribution in [0.3, 0.4) is 0 Å². The molecule has 1 aliphatic heterocycles. The number of oxime groups is 1. The molecule has 2 rings (SSSR count). The second-order valence-corrected chi connectivity index (χ2v) is 3.94. The molecule has 0 radical (unpaired) electrons. The Labute approximate surface area is 101 Å². The predicted octanol–water partition coefficient (Wildman–Crippen LogP) is 2.50. The minimum Gasteiger partial charge on any atom is -0.450 e. The number of halogens is 2. The Bertz CT molecular complexity index is 532. The maximum atomic E-state index is 13.0. The van der Waals surface area contributed by atoms with Crippen LogP contribution in [0.15, 0.2) is 23.4 Å². The lowest BCUT2D eigenvalue weighted by Crippen LogP contribution is -2.31. The molecule has 18 heavy (non-hydrogen) atoms. The van der Waals surface area contributed by atoms with Crippen molar-refractivity contribution in [2.45, 2.75) is 19.1 Å².